The van der Waals surface area contributed by atoms with Crippen molar-refractivity contribution in [2.45, 2.75) is 33.5 Å². The monoisotopic (exact) mass is 474 g/mol. The number of tetrazole rings is 1. The van der Waals surface area contributed by atoms with Crippen molar-refractivity contribution >= 4 is 18.1 Å². The molecule has 174 valence electrons. The molecule has 5 rings (SSSR count). The van der Waals surface area contributed by atoms with Gasteiger partial charge in [-0.25, -0.2) is 9.36 Å². The molecule has 1 aliphatic rings. The quantitative estimate of drug-likeness (QED) is 0.448. The second-order valence-corrected chi connectivity index (χ2v) is 8.85. The number of amides is 1. The number of hydrogen-bond acceptors (Lipinski definition) is 6. The second kappa shape index (κ2) is 8.96. The Balaban J connectivity index is 1.49. The molecule has 1 N–H and O–H groups in total. The zero-order chi connectivity index (χ0) is 23.8. The average molecular weight is 475 g/mol. The zero-order valence-corrected chi connectivity index (χ0v) is 20.2. The van der Waals surface area contributed by atoms with Gasteiger partial charge in [-0.15, -0.1) is 0 Å². The van der Waals surface area contributed by atoms with Gasteiger partial charge in [0.15, 0.2) is 0 Å². The van der Waals surface area contributed by atoms with Crippen LogP contribution < -0.4 is 5.32 Å². The second-order valence-electron chi connectivity index (χ2n) is 8.49. The van der Waals surface area contributed by atoms with Crippen LogP contribution >= 0.6 is 12.2 Å². The van der Waals surface area contributed by atoms with Crippen molar-refractivity contribution in [3.05, 3.63) is 81.9 Å². The molecule has 0 unspecified atom stereocenters. The Bertz CT molecular complexity index is 1390. The first-order valence-electron chi connectivity index (χ1n) is 11.2. The number of rotatable bonds is 5. The van der Waals surface area contributed by atoms with Gasteiger partial charge in [-0.2, -0.15) is 9.78 Å². The van der Waals surface area contributed by atoms with E-state index in [4.69, 9.17) is 17.3 Å². The van der Waals surface area contributed by atoms with Crippen LogP contribution in [-0.2, 0) is 11.5 Å². The summed E-state index contributed by atoms with van der Waals surface area (Å²) in [5.74, 6) is -0.0532. The topological polar surface area (TPSA) is 85.8 Å². The summed E-state index contributed by atoms with van der Waals surface area (Å²) >= 11 is 5.67. The van der Waals surface area contributed by atoms with E-state index in [-0.39, 0.29) is 5.91 Å². The standard InChI is InChI=1S/C24H26N8OS/c1-16-9-11-20(12-10-16)32-24(34)30(27-28-32)15-29-14-13-25-23(33)22(29)21-17(2)26-31(18(21)3)19-7-5-4-6-8-19/h4-12,22H,13-15H2,1-3H3,(H,25,33)/t22-/m0/s1. The third kappa shape index (κ3) is 3.95. The Morgan fingerprint density at radius 2 is 1.68 bits per heavy atom. The molecule has 0 radical (unpaired) electrons. The minimum Gasteiger partial charge on any atom is -0.353 e. The minimum atomic E-state index is -0.502. The highest BCUT2D eigenvalue weighted by Crippen LogP contribution is 2.30. The maximum atomic E-state index is 13.1. The SMILES string of the molecule is Cc1ccc(-n2nnn(CN3CCNC(=O)[C@@H]3c3c(C)nn(-c4ccccc4)c3C)c2=S)cc1. The molecule has 10 heteroatoms. The lowest BCUT2D eigenvalue weighted by atomic mass is 10.0. The fraction of sp³-hybridized carbons (Fsp3) is 0.292. The van der Waals surface area contributed by atoms with Crippen LogP contribution in [0.4, 0.5) is 0 Å². The Kier molecular flexibility index (Phi) is 5.84. The van der Waals surface area contributed by atoms with Crippen molar-refractivity contribution in [2.24, 2.45) is 0 Å². The molecule has 0 spiro atoms. The lowest BCUT2D eigenvalue weighted by Crippen LogP contribution is -2.50. The van der Waals surface area contributed by atoms with Gasteiger partial charge in [0.05, 0.1) is 23.7 Å². The van der Waals surface area contributed by atoms with E-state index in [1.807, 2.05) is 80.1 Å². The molecule has 2 aromatic heterocycles. The molecule has 0 saturated carbocycles. The van der Waals surface area contributed by atoms with E-state index < -0.39 is 6.04 Å². The summed E-state index contributed by atoms with van der Waals surface area (Å²) in [7, 11) is 0. The van der Waals surface area contributed by atoms with Crippen LogP contribution in [0.1, 0.15) is 28.6 Å². The molecular formula is C24H26N8OS. The molecule has 1 aliphatic heterocycles. The van der Waals surface area contributed by atoms with E-state index in [9.17, 15) is 4.79 Å². The molecular weight excluding hydrogens is 448 g/mol. The number of benzene rings is 2. The summed E-state index contributed by atoms with van der Waals surface area (Å²) in [5, 5.41) is 16.3. The summed E-state index contributed by atoms with van der Waals surface area (Å²) < 4.78 is 5.66. The van der Waals surface area contributed by atoms with E-state index in [1.165, 1.54) is 0 Å². The largest absolute Gasteiger partial charge is 0.353 e. The van der Waals surface area contributed by atoms with Gasteiger partial charge in [0.25, 0.3) is 0 Å². The van der Waals surface area contributed by atoms with Crippen LogP contribution in [0, 0.1) is 25.5 Å². The number of aromatic nitrogens is 6. The highest BCUT2D eigenvalue weighted by Gasteiger charge is 2.36. The number of para-hydroxylation sites is 1. The van der Waals surface area contributed by atoms with Crippen molar-refractivity contribution in [1.82, 2.24) is 39.8 Å². The first-order valence-corrected chi connectivity index (χ1v) is 11.6. The smallest absolute Gasteiger partial charge is 0.242 e. The summed E-state index contributed by atoms with van der Waals surface area (Å²) in [5.41, 5.74) is 5.62. The van der Waals surface area contributed by atoms with Crippen LogP contribution in [-0.4, -0.2) is 53.5 Å². The third-order valence-electron chi connectivity index (χ3n) is 6.17. The third-order valence-corrected chi connectivity index (χ3v) is 6.55. The zero-order valence-electron chi connectivity index (χ0n) is 19.3. The first kappa shape index (κ1) is 22.2. The number of carbonyl (C=O) groups excluding carboxylic acids is 1. The van der Waals surface area contributed by atoms with Gasteiger partial charge >= 0.3 is 0 Å². The van der Waals surface area contributed by atoms with Crippen LogP contribution in [0.3, 0.4) is 0 Å². The van der Waals surface area contributed by atoms with Crippen LogP contribution in [0.15, 0.2) is 54.6 Å². The number of aryl methyl sites for hydroxylation is 2. The van der Waals surface area contributed by atoms with Gasteiger partial charge in [0.2, 0.25) is 10.7 Å². The summed E-state index contributed by atoms with van der Waals surface area (Å²) in [6.07, 6.45) is 0. The number of nitrogens with zero attached hydrogens (tertiary/aromatic N) is 7. The Hall–Kier alpha value is -3.63. The van der Waals surface area contributed by atoms with E-state index in [0.717, 1.165) is 33.9 Å². The molecule has 34 heavy (non-hydrogen) atoms. The van der Waals surface area contributed by atoms with E-state index in [0.29, 0.717) is 24.5 Å². The Labute approximate surface area is 202 Å². The average Bonchev–Trinajstić information content (AvgIpc) is 3.34. The molecule has 3 heterocycles. The fourth-order valence-corrected chi connectivity index (χ4v) is 4.67. The number of nitrogens with one attached hydrogen (secondary N) is 1. The van der Waals surface area contributed by atoms with Gasteiger partial charge in [0.1, 0.15) is 6.04 Å². The molecule has 1 atom stereocenters. The van der Waals surface area contributed by atoms with Crippen LogP contribution in [0.2, 0.25) is 0 Å². The molecule has 4 aromatic rings. The van der Waals surface area contributed by atoms with E-state index in [1.54, 1.807) is 9.36 Å². The van der Waals surface area contributed by atoms with Crippen molar-refractivity contribution in [3.63, 3.8) is 0 Å². The highest BCUT2D eigenvalue weighted by molar-refractivity contribution is 7.71. The van der Waals surface area contributed by atoms with Crippen molar-refractivity contribution in [2.75, 3.05) is 13.1 Å². The molecule has 9 nitrogen and oxygen atoms in total. The Morgan fingerprint density at radius 1 is 0.971 bits per heavy atom. The molecule has 1 amide bonds. The van der Waals surface area contributed by atoms with Crippen LogP contribution in [0.25, 0.3) is 11.4 Å². The normalized spacial score (nSPS) is 16.6. The fourth-order valence-electron chi connectivity index (χ4n) is 4.43. The Morgan fingerprint density at radius 3 is 2.41 bits per heavy atom. The van der Waals surface area contributed by atoms with Gasteiger partial charge in [-0.05, 0) is 67.7 Å². The number of carbonyl (C=O) groups is 1. The lowest BCUT2D eigenvalue weighted by Gasteiger charge is -2.34. The summed E-state index contributed by atoms with van der Waals surface area (Å²) in [6, 6.07) is 17.4. The van der Waals surface area contributed by atoms with E-state index >= 15 is 0 Å². The molecule has 0 aliphatic carbocycles. The predicted octanol–water partition coefficient (Wildman–Crippen LogP) is 3.04. The van der Waals surface area contributed by atoms with Crippen LogP contribution in [0.5, 0.6) is 0 Å². The van der Waals surface area contributed by atoms with Crippen molar-refractivity contribution in [1.29, 1.82) is 0 Å². The maximum Gasteiger partial charge on any atom is 0.242 e. The predicted molar refractivity (Wildman–Crippen MR) is 130 cm³/mol. The van der Waals surface area contributed by atoms with E-state index in [2.05, 4.69) is 20.6 Å². The van der Waals surface area contributed by atoms with Gasteiger partial charge < -0.3 is 5.32 Å². The molecule has 1 saturated heterocycles. The lowest BCUT2D eigenvalue weighted by molar-refractivity contribution is -0.130. The number of hydrogen-bond donors (Lipinski definition) is 1. The molecule has 2 aromatic carbocycles. The van der Waals surface area contributed by atoms with Gasteiger partial charge in [-0.1, -0.05) is 35.9 Å². The number of piperazine rings is 1. The molecule has 0 bridgehead atoms. The molecule has 1 fully saturated rings. The summed E-state index contributed by atoms with van der Waals surface area (Å²) in [6.45, 7) is 7.54. The van der Waals surface area contributed by atoms with Gasteiger partial charge in [0, 0.05) is 24.3 Å². The highest BCUT2D eigenvalue weighted by atomic mass is 32.1. The minimum absolute atomic E-state index is 0.0532. The first-order chi connectivity index (χ1) is 16.4. The maximum absolute atomic E-state index is 13.1. The van der Waals surface area contributed by atoms with Gasteiger partial charge in [-0.3, -0.25) is 9.69 Å². The van der Waals surface area contributed by atoms with Crippen molar-refractivity contribution in [3.8, 4) is 11.4 Å². The van der Waals surface area contributed by atoms with Crippen molar-refractivity contribution < 1.29 is 4.79 Å². The summed E-state index contributed by atoms with van der Waals surface area (Å²) in [4.78, 5) is 15.2.